The average molecular weight is 444 g/mol. The van der Waals surface area contributed by atoms with Crippen LogP contribution in [0.4, 0.5) is 9.59 Å². The zero-order chi connectivity index (χ0) is 23.1. The van der Waals surface area contributed by atoms with Crippen LogP contribution in [0.1, 0.15) is 52.0 Å². The molecule has 0 atom stereocenters. The molecule has 1 saturated carbocycles. The van der Waals surface area contributed by atoms with Crippen LogP contribution in [0.2, 0.25) is 0 Å². The van der Waals surface area contributed by atoms with Gasteiger partial charge in [-0.05, 0) is 57.9 Å². The molecule has 0 bridgehead atoms. The third kappa shape index (κ3) is 7.28. The molecule has 1 heterocycles. The lowest BCUT2D eigenvalue weighted by atomic mass is 9.85. The molecule has 0 spiro atoms. The Morgan fingerprint density at radius 1 is 1.06 bits per heavy atom. The summed E-state index contributed by atoms with van der Waals surface area (Å²) in [5.41, 5.74) is 0.385. The van der Waals surface area contributed by atoms with Crippen LogP contribution in [0.25, 0.3) is 0 Å². The maximum atomic E-state index is 12.6. The molecule has 32 heavy (non-hydrogen) atoms. The Morgan fingerprint density at radius 2 is 1.75 bits per heavy atom. The highest BCUT2D eigenvalue weighted by Crippen LogP contribution is 2.26. The van der Waals surface area contributed by atoms with Crippen LogP contribution in [0.15, 0.2) is 42.7 Å². The van der Waals surface area contributed by atoms with Crippen molar-refractivity contribution in [3.63, 3.8) is 0 Å². The Bertz CT molecular complexity index is 826. The van der Waals surface area contributed by atoms with E-state index in [1.54, 1.807) is 17.3 Å². The van der Waals surface area contributed by atoms with Gasteiger partial charge < -0.3 is 19.7 Å². The molecule has 0 unspecified atom stereocenters. The van der Waals surface area contributed by atoms with E-state index in [2.05, 4.69) is 5.32 Å². The third-order valence-corrected chi connectivity index (χ3v) is 5.51. The molecule has 0 aromatic heterocycles. The number of carbonyl (C=O) groups excluding carboxylic acids is 3. The van der Waals surface area contributed by atoms with Crippen LogP contribution in [0, 0.1) is 5.92 Å². The highest BCUT2D eigenvalue weighted by Gasteiger charge is 2.29. The van der Waals surface area contributed by atoms with Crippen molar-refractivity contribution in [2.24, 2.45) is 5.92 Å². The number of amides is 3. The molecule has 2 aliphatic rings. The summed E-state index contributed by atoms with van der Waals surface area (Å²) < 4.78 is 10.6. The number of carbonyl (C=O) groups is 3. The molecule has 8 nitrogen and oxygen atoms in total. The Morgan fingerprint density at radius 3 is 2.38 bits per heavy atom. The van der Waals surface area contributed by atoms with E-state index in [9.17, 15) is 14.4 Å². The van der Waals surface area contributed by atoms with Crippen molar-refractivity contribution in [3.8, 4) is 0 Å². The van der Waals surface area contributed by atoms with Gasteiger partial charge in [0.05, 0.1) is 0 Å². The van der Waals surface area contributed by atoms with Crippen LogP contribution < -0.4 is 5.32 Å². The van der Waals surface area contributed by atoms with Gasteiger partial charge in [-0.2, -0.15) is 0 Å². The van der Waals surface area contributed by atoms with Gasteiger partial charge in [-0.25, -0.2) is 9.59 Å². The quantitative estimate of drug-likeness (QED) is 0.743. The van der Waals surface area contributed by atoms with E-state index >= 15 is 0 Å². The van der Waals surface area contributed by atoms with Crippen LogP contribution in [0.3, 0.4) is 0 Å². The first-order valence-electron chi connectivity index (χ1n) is 11.1. The summed E-state index contributed by atoms with van der Waals surface area (Å²) in [6.45, 7) is 6.29. The van der Waals surface area contributed by atoms with E-state index in [0.29, 0.717) is 12.5 Å². The number of nitrogens with zero attached hydrogens (tertiary/aromatic N) is 2. The summed E-state index contributed by atoms with van der Waals surface area (Å²) in [4.78, 5) is 39.7. The maximum absolute atomic E-state index is 12.6. The third-order valence-electron chi connectivity index (χ3n) is 5.51. The lowest BCUT2D eigenvalue weighted by Crippen LogP contribution is -2.45. The summed E-state index contributed by atoms with van der Waals surface area (Å²) in [5.74, 6) is 0.232. The Labute approximate surface area is 189 Å². The molecule has 1 aromatic rings. The molecule has 1 N–H and O–H groups in total. The van der Waals surface area contributed by atoms with E-state index < -0.39 is 11.7 Å². The van der Waals surface area contributed by atoms with Crippen LogP contribution in [-0.2, 0) is 20.9 Å². The fourth-order valence-corrected chi connectivity index (χ4v) is 3.87. The van der Waals surface area contributed by atoms with Crippen molar-refractivity contribution >= 4 is 18.1 Å². The summed E-state index contributed by atoms with van der Waals surface area (Å²) in [6, 6.07) is 9.52. The normalized spacial score (nSPS) is 21.3. The Kier molecular flexibility index (Phi) is 7.77. The number of ether oxygens (including phenoxy) is 2. The lowest BCUT2D eigenvalue weighted by molar-refractivity contribution is -0.130. The van der Waals surface area contributed by atoms with E-state index in [0.717, 1.165) is 31.2 Å². The molecule has 174 valence electrons. The number of alkyl carbamates (subject to hydrolysis) is 1. The minimum atomic E-state index is -0.535. The molecule has 0 saturated heterocycles. The topological polar surface area (TPSA) is 88.2 Å². The first-order chi connectivity index (χ1) is 15.2. The standard InChI is InChI=1S/C24H33N3O5/c1-24(2,3)32-22(29)25-20-11-9-18(10-12-20)15-26-13-14-27(16-21(26)28)23(30)31-17-19-7-5-4-6-8-19/h4-8,13-14,18,20H,9-12,15-17H2,1-3H3,(H,25,29). The van der Waals surface area contributed by atoms with Gasteiger partial charge >= 0.3 is 12.2 Å². The molecular formula is C24H33N3O5. The molecule has 3 rings (SSSR count). The van der Waals surface area contributed by atoms with Gasteiger partial charge in [-0.3, -0.25) is 9.69 Å². The molecule has 3 amide bonds. The van der Waals surface area contributed by atoms with Gasteiger partial charge in [-0.1, -0.05) is 30.3 Å². The van der Waals surface area contributed by atoms with Crippen molar-refractivity contribution in [2.75, 3.05) is 13.1 Å². The van der Waals surface area contributed by atoms with Crippen molar-refractivity contribution in [1.82, 2.24) is 15.1 Å². The molecule has 1 fully saturated rings. The van der Waals surface area contributed by atoms with Crippen LogP contribution in [-0.4, -0.2) is 52.6 Å². The van der Waals surface area contributed by atoms with Crippen molar-refractivity contribution < 1.29 is 23.9 Å². The monoisotopic (exact) mass is 443 g/mol. The lowest BCUT2D eigenvalue weighted by Gasteiger charge is -2.34. The molecule has 1 aliphatic carbocycles. The van der Waals surface area contributed by atoms with Gasteiger partial charge in [0.25, 0.3) is 0 Å². The Balaban J connectivity index is 1.40. The van der Waals surface area contributed by atoms with Gasteiger partial charge in [0.15, 0.2) is 0 Å². The first kappa shape index (κ1) is 23.6. The summed E-state index contributed by atoms with van der Waals surface area (Å²) >= 11 is 0. The average Bonchev–Trinajstić information content (AvgIpc) is 2.74. The van der Waals surface area contributed by atoms with Crippen molar-refractivity contribution in [3.05, 3.63) is 48.3 Å². The molecule has 1 aliphatic heterocycles. The van der Waals surface area contributed by atoms with Gasteiger partial charge in [-0.15, -0.1) is 0 Å². The minimum absolute atomic E-state index is 0.0281. The van der Waals surface area contributed by atoms with Crippen LogP contribution in [0.5, 0.6) is 0 Å². The van der Waals surface area contributed by atoms with E-state index in [4.69, 9.17) is 9.47 Å². The molecule has 1 aromatic carbocycles. The van der Waals surface area contributed by atoms with E-state index in [-0.39, 0.29) is 31.2 Å². The first-order valence-corrected chi connectivity index (χ1v) is 11.1. The highest BCUT2D eigenvalue weighted by atomic mass is 16.6. The molecular weight excluding hydrogens is 410 g/mol. The van der Waals surface area contributed by atoms with Gasteiger partial charge in [0.1, 0.15) is 18.8 Å². The van der Waals surface area contributed by atoms with Crippen molar-refractivity contribution in [1.29, 1.82) is 0 Å². The summed E-state index contributed by atoms with van der Waals surface area (Å²) in [7, 11) is 0. The second-order valence-corrected chi connectivity index (χ2v) is 9.38. The predicted molar refractivity (Wildman–Crippen MR) is 119 cm³/mol. The van der Waals surface area contributed by atoms with E-state index in [1.165, 1.54) is 4.90 Å². The van der Waals surface area contributed by atoms with Gasteiger partial charge in [0.2, 0.25) is 5.91 Å². The van der Waals surface area contributed by atoms with Gasteiger partial charge in [0, 0.05) is 25.0 Å². The molecule has 8 heteroatoms. The number of rotatable bonds is 5. The molecule has 0 radical (unpaired) electrons. The van der Waals surface area contributed by atoms with Crippen LogP contribution >= 0.6 is 0 Å². The number of nitrogens with one attached hydrogen (secondary N) is 1. The fourth-order valence-electron chi connectivity index (χ4n) is 3.87. The highest BCUT2D eigenvalue weighted by molar-refractivity contribution is 5.85. The summed E-state index contributed by atoms with van der Waals surface area (Å²) in [6.07, 6.45) is 5.88. The minimum Gasteiger partial charge on any atom is -0.444 e. The number of hydrogen-bond donors (Lipinski definition) is 1. The smallest absolute Gasteiger partial charge is 0.414 e. The zero-order valence-corrected chi connectivity index (χ0v) is 19.1. The zero-order valence-electron chi connectivity index (χ0n) is 19.1. The van der Waals surface area contributed by atoms with Crippen molar-refractivity contribution in [2.45, 2.75) is 64.7 Å². The SMILES string of the molecule is CC(C)(C)OC(=O)NC1CCC(CN2C=CN(C(=O)OCc3ccccc3)CC2=O)CC1. The fraction of sp³-hybridized carbons (Fsp3) is 0.542. The second kappa shape index (κ2) is 10.5. The number of hydrogen-bond acceptors (Lipinski definition) is 5. The largest absolute Gasteiger partial charge is 0.444 e. The predicted octanol–water partition coefficient (Wildman–Crippen LogP) is 4.02. The van der Waals surface area contributed by atoms with E-state index in [1.807, 2.05) is 51.1 Å². The Hall–Kier alpha value is -3.03. The second-order valence-electron chi connectivity index (χ2n) is 9.38. The number of benzene rings is 1. The summed E-state index contributed by atoms with van der Waals surface area (Å²) in [5, 5.41) is 2.94. The maximum Gasteiger partial charge on any atom is 0.414 e.